The highest BCUT2D eigenvalue weighted by Gasteiger charge is 2.17. The van der Waals surface area contributed by atoms with Crippen molar-refractivity contribution < 1.29 is 0 Å². The Bertz CT molecular complexity index is 502. The third-order valence-electron chi connectivity index (χ3n) is 5.35. The predicted octanol–water partition coefficient (Wildman–Crippen LogP) is 3.76. The van der Waals surface area contributed by atoms with E-state index in [1.54, 1.807) is 6.92 Å². The van der Waals surface area contributed by atoms with E-state index in [2.05, 4.69) is 34.8 Å². The van der Waals surface area contributed by atoms with Crippen LogP contribution in [0.15, 0.2) is 4.99 Å². The van der Waals surface area contributed by atoms with Gasteiger partial charge in [0.05, 0.1) is 11.7 Å². The zero-order valence-electron chi connectivity index (χ0n) is 22.4. The van der Waals surface area contributed by atoms with Gasteiger partial charge in [0.25, 0.3) is 0 Å². The van der Waals surface area contributed by atoms with E-state index in [4.69, 9.17) is 22.6 Å². The first-order valence-electron chi connectivity index (χ1n) is 12.1. The van der Waals surface area contributed by atoms with Crippen LogP contribution in [0.4, 0.5) is 0 Å². The summed E-state index contributed by atoms with van der Waals surface area (Å²) in [5.74, 6) is 1.19. The van der Waals surface area contributed by atoms with E-state index in [1.165, 1.54) is 19.3 Å². The number of halogens is 4. The molecule has 0 heterocycles. The van der Waals surface area contributed by atoms with Gasteiger partial charge in [-0.15, -0.1) is 49.6 Å². The fourth-order valence-corrected chi connectivity index (χ4v) is 3.43. The van der Waals surface area contributed by atoms with Crippen LogP contribution < -0.4 is 33.2 Å². The average Bonchev–Trinajstić information content (AvgIpc) is 2.65. The largest absolute Gasteiger partial charge is 0.388 e. The van der Waals surface area contributed by atoms with Crippen LogP contribution in [0.1, 0.15) is 85.5 Å². The Labute approximate surface area is 240 Å². The first-order chi connectivity index (χ1) is 14.5. The lowest BCUT2D eigenvalue weighted by molar-refractivity contribution is 0.378. The number of unbranched alkanes of at least 4 members (excludes halogenated alkanes) is 4. The quantitative estimate of drug-likeness (QED) is 0.0656. The smallest absolute Gasteiger partial charge is 0.0905 e. The normalized spacial score (nSPS) is 14.2. The van der Waals surface area contributed by atoms with Gasteiger partial charge in [0.2, 0.25) is 0 Å². The van der Waals surface area contributed by atoms with E-state index in [0.29, 0.717) is 11.7 Å². The molecule has 0 saturated heterocycles. The van der Waals surface area contributed by atoms with Crippen molar-refractivity contribution in [2.45, 2.75) is 96.6 Å². The van der Waals surface area contributed by atoms with Crippen LogP contribution >= 0.6 is 49.6 Å². The maximum absolute atomic E-state index is 7.35. The Kier molecular flexibility index (Phi) is 34.6. The third kappa shape index (κ3) is 33.9. The van der Waals surface area contributed by atoms with E-state index in [0.717, 1.165) is 77.8 Å². The number of nitrogens with two attached hydrogens (primary N) is 3. The number of hydrogen-bond acceptors (Lipinski definition) is 6. The number of amidine groups is 2. The molecule has 0 aromatic heterocycles. The van der Waals surface area contributed by atoms with Gasteiger partial charge in [-0.25, -0.2) is 0 Å². The predicted molar refractivity (Wildman–Crippen MR) is 165 cm³/mol. The van der Waals surface area contributed by atoms with Gasteiger partial charge >= 0.3 is 0 Å². The zero-order chi connectivity index (χ0) is 23.6. The zero-order valence-corrected chi connectivity index (χ0v) is 25.7. The van der Waals surface area contributed by atoms with Gasteiger partial charge in [0.1, 0.15) is 0 Å². The van der Waals surface area contributed by atoms with Crippen LogP contribution in [0.2, 0.25) is 0 Å². The molecule has 12 heteroatoms. The van der Waals surface area contributed by atoms with Crippen molar-refractivity contribution in [2.24, 2.45) is 22.2 Å². The van der Waals surface area contributed by atoms with Crippen LogP contribution in [0.25, 0.3) is 0 Å². The molecule has 0 bridgehead atoms. The topological polar surface area (TPSA) is 150 Å². The second-order valence-electron chi connectivity index (χ2n) is 9.71. The fourth-order valence-electron chi connectivity index (χ4n) is 3.43. The number of aliphatic imine (C=N–C) groups is 1. The van der Waals surface area contributed by atoms with E-state index in [1.807, 2.05) is 6.92 Å². The molecule has 0 spiro atoms. The second-order valence-corrected chi connectivity index (χ2v) is 9.71. The molecule has 0 aliphatic rings. The molecule has 0 radical (unpaired) electrons. The van der Waals surface area contributed by atoms with Crippen LogP contribution in [0, 0.1) is 5.41 Å². The van der Waals surface area contributed by atoms with E-state index >= 15 is 0 Å². The van der Waals surface area contributed by atoms with Crippen molar-refractivity contribution >= 4 is 61.3 Å². The summed E-state index contributed by atoms with van der Waals surface area (Å²) in [4.78, 5) is 4.22. The minimum absolute atomic E-state index is 0. The summed E-state index contributed by atoms with van der Waals surface area (Å²) in [6, 6.07) is 0. The molecule has 35 heavy (non-hydrogen) atoms. The molecule has 2 atom stereocenters. The van der Waals surface area contributed by atoms with Crippen molar-refractivity contribution in [3.63, 3.8) is 0 Å². The number of rotatable bonds is 20. The molecule has 216 valence electrons. The molecule has 0 fully saturated rings. The van der Waals surface area contributed by atoms with Gasteiger partial charge in [0.15, 0.2) is 0 Å². The Balaban J connectivity index is -0.000000750. The van der Waals surface area contributed by atoms with Crippen molar-refractivity contribution in [2.75, 3.05) is 39.3 Å². The molecule has 0 saturated carbocycles. The maximum atomic E-state index is 7.35. The Morgan fingerprint density at radius 2 is 1.14 bits per heavy atom. The van der Waals surface area contributed by atoms with E-state index < -0.39 is 0 Å². The summed E-state index contributed by atoms with van der Waals surface area (Å²) in [6.45, 7) is 13.2. The highest BCUT2D eigenvalue weighted by molar-refractivity contribution is 5.86. The lowest BCUT2D eigenvalue weighted by Crippen LogP contribution is -2.46. The van der Waals surface area contributed by atoms with Crippen LogP contribution in [-0.4, -0.2) is 62.0 Å². The van der Waals surface area contributed by atoms with Crippen LogP contribution in [-0.2, 0) is 0 Å². The maximum Gasteiger partial charge on any atom is 0.0905 e. The highest BCUT2D eigenvalue weighted by atomic mass is 35.5. The average molecular weight is 587 g/mol. The summed E-state index contributed by atoms with van der Waals surface area (Å²) in [7, 11) is 0. The lowest BCUT2D eigenvalue weighted by Gasteiger charge is -2.25. The number of nitrogens with zero attached hydrogens (tertiary/aromatic N) is 1. The monoisotopic (exact) mass is 584 g/mol. The van der Waals surface area contributed by atoms with Crippen molar-refractivity contribution in [3.8, 4) is 0 Å². The minimum Gasteiger partial charge on any atom is -0.388 e. The highest BCUT2D eigenvalue weighted by Crippen LogP contribution is 2.11. The summed E-state index contributed by atoms with van der Waals surface area (Å²) in [6.07, 6.45) is 9.80. The van der Waals surface area contributed by atoms with Crippen molar-refractivity contribution in [3.05, 3.63) is 0 Å². The lowest BCUT2D eigenvalue weighted by atomic mass is 9.96. The molecule has 2 unspecified atom stereocenters. The molecule has 0 aromatic rings. The Morgan fingerprint density at radius 3 is 1.57 bits per heavy atom. The molecule has 0 amide bonds. The van der Waals surface area contributed by atoms with Crippen molar-refractivity contribution in [1.29, 1.82) is 5.41 Å². The Morgan fingerprint density at radius 1 is 0.714 bits per heavy atom. The van der Waals surface area contributed by atoms with Crippen LogP contribution in [0.5, 0.6) is 0 Å². The third-order valence-corrected chi connectivity index (χ3v) is 5.35. The van der Waals surface area contributed by atoms with Gasteiger partial charge in [-0.05, 0) is 92.2 Å². The number of hydrogen-bond donors (Lipinski definition) is 7. The second kappa shape index (κ2) is 27.0. The first kappa shape index (κ1) is 44.9. The minimum atomic E-state index is -0.164. The van der Waals surface area contributed by atoms with E-state index in [-0.39, 0.29) is 60.7 Å². The molecule has 8 nitrogen and oxygen atoms in total. The van der Waals surface area contributed by atoms with Gasteiger partial charge < -0.3 is 33.2 Å². The molecular weight excluding hydrogens is 530 g/mol. The Hall–Kier alpha value is -0.0600. The molecular formula is C23H56Cl4N8. The summed E-state index contributed by atoms with van der Waals surface area (Å²) >= 11 is 0. The molecule has 0 aliphatic carbocycles. The fraction of sp³-hybridized carbons (Fsp3) is 0.913. The molecule has 0 aliphatic heterocycles. The summed E-state index contributed by atoms with van der Waals surface area (Å²) < 4.78 is 0. The summed E-state index contributed by atoms with van der Waals surface area (Å²) in [5.41, 5.74) is 18.0. The van der Waals surface area contributed by atoms with Gasteiger partial charge in [-0.3, -0.25) is 10.4 Å². The standard InChI is InChI=1S/C23H52N8.4ClH/c1-20(24)30-16-10-6-12-22(3,26)18-28-14-8-5-9-15-29-19-23(4,27)13-7-11-17-31-21(2)25;;;;/h28-29H,5-19,26-27H2,1-4H3,(H2,24,30)(H2,25,31);4*1H. The SMILES string of the molecule is CC(=N)NCCCCC(C)(N)CNCCCCCNCC(C)(N)CCCCN=C(C)N.Cl.Cl.Cl.Cl. The molecule has 0 rings (SSSR count). The first-order valence-corrected chi connectivity index (χ1v) is 12.1. The van der Waals surface area contributed by atoms with E-state index in [9.17, 15) is 0 Å². The van der Waals surface area contributed by atoms with Gasteiger partial charge in [-0.2, -0.15) is 0 Å². The van der Waals surface area contributed by atoms with Gasteiger partial charge in [-0.1, -0.05) is 6.42 Å². The molecule has 10 N–H and O–H groups in total. The summed E-state index contributed by atoms with van der Waals surface area (Å²) in [5, 5.41) is 17.4. The van der Waals surface area contributed by atoms with Gasteiger partial charge in [0, 0.05) is 37.3 Å². The molecule has 0 aromatic carbocycles. The van der Waals surface area contributed by atoms with Crippen LogP contribution in [0.3, 0.4) is 0 Å². The van der Waals surface area contributed by atoms with Crippen molar-refractivity contribution in [1.82, 2.24) is 16.0 Å². The number of nitrogens with one attached hydrogen (secondary N) is 4.